The molecular formula is C10H11N3O2. The Labute approximate surface area is 86.2 Å². The molecule has 0 fully saturated rings. The Hall–Kier alpha value is -2.04. The third kappa shape index (κ3) is 2.25. The number of aryl methyl sites for hydroxylation is 1. The van der Waals surface area contributed by atoms with E-state index in [0.717, 1.165) is 11.5 Å². The van der Waals surface area contributed by atoms with Gasteiger partial charge >= 0.3 is 0 Å². The molecule has 78 valence electrons. The lowest BCUT2D eigenvalue weighted by molar-refractivity contribution is 0.490. The molecular weight excluding hydrogens is 194 g/mol. The summed E-state index contributed by atoms with van der Waals surface area (Å²) in [4.78, 5) is 17.7. The fourth-order valence-corrected chi connectivity index (χ4v) is 1.23. The molecule has 2 N–H and O–H groups in total. The summed E-state index contributed by atoms with van der Waals surface area (Å²) < 4.78 is 5.34. The molecule has 0 unspecified atom stereocenters. The van der Waals surface area contributed by atoms with E-state index in [9.17, 15) is 4.79 Å². The molecule has 5 nitrogen and oxygen atoms in total. The Morgan fingerprint density at radius 1 is 1.53 bits per heavy atom. The van der Waals surface area contributed by atoms with E-state index in [0.29, 0.717) is 12.4 Å². The van der Waals surface area contributed by atoms with Crippen molar-refractivity contribution in [2.75, 3.05) is 5.32 Å². The Balaban J connectivity index is 2.05. The van der Waals surface area contributed by atoms with Crippen LogP contribution in [-0.2, 0) is 6.54 Å². The molecule has 0 spiro atoms. The predicted octanol–water partition coefficient (Wildman–Crippen LogP) is 1.28. The molecule has 5 heteroatoms. The Kier molecular flexibility index (Phi) is 2.53. The van der Waals surface area contributed by atoms with Crippen molar-refractivity contribution in [2.24, 2.45) is 0 Å². The highest BCUT2D eigenvalue weighted by Gasteiger charge is 2.01. The molecule has 0 atom stereocenters. The number of aromatic amines is 1. The van der Waals surface area contributed by atoms with Crippen molar-refractivity contribution in [1.82, 2.24) is 9.97 Å². The molecule has 0 radical (unpaired) electrons. The van der Waals surface area contributed by atoms with Crippen molar-refractivity contribution < 1.29 is 4.42 Å². The van der Waals surface area contributed by atoms with Gasteiger partial charge < -0.3 is 14.7 Å². The van der Waals surface area contributed by atoms with Gasteiger partial charge in [-0.15, -0.1) is 0 Å². The minimum absolute atomic E-state index is 0.235. The van der Waals surface area contributed by atoms with Gasteiger partial charge in [0.1, 0.15) is 11.5 Å². The van der Waals surface area contributed by atoms with Crippen LogP contribution in [0.15, 0.2) is 33.7 Å². The van der Waals surface area contributed by atoms with Crippen LogP contribution in [0.4, 0.5) is 5.82 Å². The lowest BCUT2D eigenvalue weighted by Gasteiger charge is -2.00. The minimum Gasteiger partial charge on any atom is -0.465 e. The summed E-state index contributed by atoms with van der Waals surface area (Å²) in [6.07, 6.45) is 3.02. The van der Waals surface area contributed by atoms with E-state index in [1.807, 2.05) is 19.1 Å². The fourth-order valence-electron chi connectivity index (χ4n) is 1.23. The number of aromatic nitrogens is 2. The SMILES string of the molecule is Cc1ccc(CNc2ncc[nH]c2=O)o1. The van der Waals surface area contributed by atoms with Crippen molar-refractivity contribution in [3.63, 3.8) is 0 Å². The topological polar surface area (TPSA) is 70.9 Å². The van der Waals surface area contributed by atoms with E-state index < -0.39 is 0 Å². The molecule has 0 amide bonds. The summed E-state index contributed by atoms with van der Waals surface area (Å²) in [7, 11) is 0. The van der Waals surface area contributed by atoms with Crippen LogP contribution in [0.1, 0.15) is 11.5 Å². The second kappa shape index (κ2) is 4.00. The molecule has 0 aliphatic rings. The van der Waals surface area contributed by atoms with E-state index in [4.69, 9.17) is 4.42 Å². The van der Waals surface area contributed by atoms with Gasteiger partial charge in [0.25, 0.3) is 5.56 Å². The summed E-state index contributed by atoms with van der Waals surface area (Å²) >= 11 is 0. The quantitative estimate of drug-likeness (QED) is 0.791. The van der Waals surface area contributed by atoms with Crippen molar-refractivity contribution in [1.29, 1.82) is 0 Å². The zero-order valence-corrected chi connectivity index (χ0v) is 8.28. The van der Waals surface area contributed by atoms with Crippen molar-refractivity contribution in [2.45, 2.75) is 13.5 Å². The standard InChI is InChI=1S/C10H11N3O2/c1-7-2-3-8(15-7)6-13-9-10(14)12-5-4-11-9/h2-5H,6H2,1H3,(H,11,13)(H,12,14). The first kappa shape index (κ1) is 9.51. The van der Waals surface area contributed by atoms with Gasteiger partial charge in [0.2, 0.25) is 0 Å². The van der Waals surface area contributed by atoms with Crippen LogP contribution in [0.2, 0.25) is 0 Å². The van der Waals surface area contributed by atoms with Gasteiger partial charge in [0, 0.05) is 12.4 Å². The molecule has 15 heavy (non-hydrogen) atoms. The summed E-state index contributed by atoms with van der Waals surface area (Å²) in [6.45, 7) is 2.32. The Morgan fingerprint density at radius 2 is 2.40 bits per heavy atom. The van der Waals surface area contributed by atoms with Gasteiger partial charge in [-0.25, -0.2) is 4.98 Å². The summed E-state index contributed by atoms with van der Waals surface area (Å²) in [5.74, 6) is 1.92. The highest BCUT2D eigenvalue weighted by molar-refractivity contribution is 5.30. The zero-order chi connectivity index (χ0) is 10.7. The molecule has 2 rings (SSSR count). The van der Waals surface area contributed by atoms with Gasteiger partial charge in [-0.05, 0) is 19.1 Å². The van der Waals surface area contributed by atoms with E-state index in [1.54, 1.807) is 0 Å². The second-order valence-corrected chi connectivity index (χ2v) is 3.13. The van der Waals surface area contributed by atoms with E-state index in [2.05, 4.69) is 15.3 Å². The zero-order valence-electron chi connectivity index (χ0n) is 8.28. The molecule has 0 bridgehead atoms. The van der Waals surface area contributed by atoms with Gasteiger partial charge in [-0.1, -0.05) is 0 Å². The Morgan fingerprint density at radius 3 is 3.07 bits per heavy atom. The molecule has 2 aromatic heterocycles. The first-order valence-electron chi connectivity index (χ1n) is 4.58. The van der Waals surface area contributed by atoms with Crippen LogP contribution in [-0.4, -0.2) is 9.97 Å². The average molecular weight is 205 g/mol. The van der Waals surface area contributed by atoms with Crippen molar-refractivity contribution in [3.8, 4) is 0 Å². The highest BCUT2D eigenvalue weighted by atomic mass is 16.3. The highest BCUT2D eigenvalue weighted by Crippen LogP contribution is 2.07. The number of nitrogens with zero attached hydrogens (tertiary/aromatic N) is 1. The van der Waals surface area contributed by atoms with Crippen LogP contribution in [0.3, 0.4) is 0 Å². The number of H-pyrrole nitrogens is 1. The van der Waals surface area contributed by atoms with Crippen LogP contribution in [0, 0.1) is 6.92 Å². The second-order valence-electron chi connectivity index (χ2n) is 3.13. The summed E-state index contributed by atoms with van der Waals surface area (Å²) in [6, 6.07) is 3.74. The van der Waals surface area contributed by atoms with Gasteiger partial charge in [-0.3, -0.25) is 4.79 Å². The van der Waals surface area contributed by atoms with Gasteiger partial charge in [0.15, 0.2) is 5.82 Å². The molecule has 0 saturated heterocycles. The number of hydrogen-bond donors (Lipinski definition) is 2. The molecule has 2 aromatic rings. The third-order valence-corrected chi connectivity index (χ3v) is 1.93. The maximum Gasteiger partial charge on any atom is 0.290 e. The lowest BCUT2D eigenvalue weighted by atomic mass is 10.4. The smallest absolute Gasteiger partial charge is 0.290 e. The number of rotatable bonds is 3. The van der Waals surface area contributed by atoms with E-state index in [1.165, 1.54) is 12.4 Å². The molecule has 0 saturated carbocycles. The summed E-state index contributed by atoms with van der Waals surface area (Å²) in [5.41, 5.74) is -0.235. The van der Waals surface area contributed by atoms with Crippen molar-refractivity contribution >= 4 is 5.82 Å². The van der Waals surface area contributed by atoms with E-state index in [-0.39, 0.29) is 5.56 Å². The minimum atomic E-state index is -0.235. The number of furan rings is 1. The Bertz CT molecular complexity index is 501. The van der Waals surface area contributed by atoms with Crippen LogP contribution < -0.4 is 10.9 Å². The fraction of sp³-hybridized carbons (Fsp3) is 0.200. The molecule has 0 aliphatic carbocycles. The van der Waals surface area contributed by atoms with Gasteiger partial charge in [-0.2, -0.15) is 0 Å². The molecule has 0 aromatic carbocycles. The van der Waals surface area contributed by atoms with E-state index >= 15 is 0 Å². The normalized spacial score (nSPS) is 10.2. The third-order valence-electron chi connectivity index (χ3n) is 1.93. The first-order valence-corrected chi connectivity index (χ1v) is 4.58. The largest absolute Gasteiger partial charge is 0.465 e. The van der Waals surface area contributed by atoms with Crippen LogP contribution in [0.25, 0.3) is 0 Å². The van der Waals surface area contributed by atoms with Crippen LogP contribution in [0.5, 0.6) is 0 Å². The predicted molar refractivity (Wildman–Crippen MR) is 55.6 cm³/mol. The molecule has 2 heterocycles. The lowest BCUT2D eigenvalue weighted by Crippen LogP contribution is -2.14. The number of anilines is 1. The monoisotopic (exact) mass is 205 g/mol. The number of nitrogens with one attached hydrogen (secondary N) is 2. The maximum absolute atomic E-state index is 11.2. The maximum atomic E-state index is 11.2. The van der Waals surface area contributed by atoms with Crippen molar-refractivity contribution in [3.05, 3.63) is 46.4 Å². The number of hydrogen-bond acceptors (Lipinski definition) is 4. The average Bonchev–Trinajstić information content (AvgIpc) is 2.63. The summed E-state index contributed by atoms with van der Waals surface area (Å²) in [5, 5.41) is 2.89. The first-order chi connectivity index (χ1) is 7.25. The van der Waals surface area contributed by atoms with Gasteiger partial charge in [0.05, 0.1) is 6.54 Å². The molecule has 0 aliphatic heterocycles. The van der Waals surface area contributed by atoms with Crippen LogP contribution >= 0.6 is 0 Å².